The van der Waals surface area contributed by atoms with Crippen molar-refractivity contribution in [2.75, 3.05) is 16.5 Å². The van der Waals surface area contributed by atoms with Gasteiger partial charge in [0.15, 0.2) is 0 Å². The smallest absolute Gasteiger partial charge is 0.137 e. The molecule has 0 bridgehead atoms. The topological polar surface area (TPSA) is 33.5 Å². The molecular weight excluding hydrogens is 781 g/mol. The Hall–Kier alpha value is -6.33. The molecule has 0 amide bonds. The number of fused-ring (bicyclic) bond motifs is 4. The summed E-state index contributed by atoms with van der Waals surface area (Å²) in [6, 6.07) is 53.5. The Kier molecular flexibility index (Phi) is 10.0. The van der Waals surface area contributed by atoms with Crippen molar-refractivity contribution in [2.45, 2.75) is 110 Å². The van der Waals surface area contributed by atoms with Crippen molar-refractivity contribution in [3.8, 4) is 17.3 Å². The molecule has 324 valence electrons. The molecule has 2 aliphatic rings. The van der Waals surface area contributed by atoms with E-state index in [2.05, 4.69) is 222 Å². The second-order valence-electron chi connectivity index (χ2n) is 21.3. The number of hydrogen-bond acceptors (Lipinski definition) is 4. The summed E-state index contributed by atoms with van der Waals surface area (Å²) in [5, 5.41) is 2.38. The first-order valence-corrected chi connectivity index (χ1v) is 23.3. The number of anilines is 4. The first kappa shape index (κ1) is 41.7. The van der Waals surface area contributed by atoms with Crippen LogP contribution in [0.15, 0.2) is 152 Å². The predicted molar refractivity (Wildman–Crippen MR) is 269 cm³/mol. The SMILES string of the molecule is CC(C)(C)c1cc(Oc2ccc3c4ccccc4n(-c4cc(C5(c6ccccc6)CCCC5)ccn4)c3c2)cc(N2CN(c3c(C(C)(C)C)cccc3C(C)(C)C)c3ccccc32)c1. The lowest BCUT2D eigenvalue weighted by atomic mass is 9.73. The fourth-order valence-electron chi connectivity index (χ4n) is 10.6. The Balaban J connectivity index is 1.07. The Bertz CT molecular complexity index is 2990. The highest BCUT2D eigenvalue weighted by atomic mass is 16.5. The molecule has 3 heterocycles. The molecule has 8 aromatic rings. The van der Waals surface area contributed by atoms with Crippen LogP contribution in [0.3, 0.4) is 0 Å². The number of nitrogens with zero attached hydrogens (tertiary/aromatic N) is 4. The van der Waals surface area contributed by atoms with E-state index in [1.54, 1.807) is 0 Å². The van der Waals surface area contributed by atoms with Gasteiger partial charge in [-0.15, -0.1) is 0 Å². The summed E-state index contributed by atoms with van der Waals surface area (Å²) in [4.78, 5) is 10.1. The fourth-order valence-corrected chi connectivity index (χ4v) is 10.6. The highest BCUT2D eigenvalue weighted by molar-refractivity contribution is 6.09. The van der Waals surface area contributed by atoms with Gasteiger partial charge in [-0.1, -0.05) is 154 Å². The molecule has 64 heavy (non-hydrogen) atoms. The number of ether oxygens (including phenoxy) is 1. The maximum absolute atomic E-state index is 7.04. The van der Waals surface area contributed by atoms with Crippen LogP contribution in [0.1, 0.15) is 116 Å². The average molecular weight is 843 g/mol. The molecule has 2 aromatic heterocycles. The molecule has 6 aromatic carbocycles. The normalized spacial score (nSPS) is 15.3. The van der Waals surface area contributed by atoms with Gasteiger partial charge in [-0.25, -0.2) is 4.98 Å². The fraction of sp³-hybridized carbons (Fsp3) is 0.305. The van der Waals surface area contributed by atoms with Crippen LogP contribution in [0.4, 0.5) is 22.7 Å². The number of hydrogen-bond donors (Lipinski definition) is 0. The van der Waals surface area contributed by atoms with Gasteiger partial charge in [-0.3, -0.25) is 4.57 Å². The van der Waals surface area contributed by atoms with Crippen LogP contribution in [0.25, 0.3) is 27.6 Å². The minimum Gasteiger partial charge on any atom is -0.457 e. The molecule has 1 saturated carbocycles. The minimum absolute atomic E-state index is 0.0144. The minimum atomic E-state index is -0.116. The van der Waals surface area contributed by atoms with E-state index in [1.165, 1.54) is 68.5 Å². The lowest BCUT2D eigenvalue weighted by molar-refractivity contribution is 0.479. The van der Waals surface area contributed by atoms with Crippen LogP contribution in [-0.2, 0) is 21.7 Å². The van der Waals surface area contributed by atoms with E-state index in [4.69, 9.17) is 9.72 Å². The average Bonchev–Trinajstić information content (AvgIpc) is 4.01. The Morgan fingerprint density at radius 3 is 1.84 bits per heavy atom. The van der Waals surface area contributed by atoms with Gasteiger partial charge in [-0.2, -0.15) is 0 Å². The molecule has 1 fully saturated rings. The summed E-state index contributed by atoms with van der Waals surface area (Å²) in [6.45, 7) is 21.5. The van der Waals surface area contributed by atoms with Gasteiger partial charge >= 0.3 is 0 Å². The lowest BCUT2D eigenvalue weighted by Gasteiger charge is -2.35. The maximum atomic E-state index is 7.04. The molecule has 10 rings (SSSR count). The molecule has 5 heteroatoms. The largest absolute Gasteiger partial charge is 0.457 e. The second kappa shape index (κ2) is 15.4. The molecule has 5 nitrogen and oxygen atoms in total. The van der Waals surface area contributed by atoms with Crippen LogP contribution in [0, 0.1) is 0 Å². The van der Waals surface area contributed by atoms with Crippen molar-refractivity contribution in [3.05, 3.63) is 180 Å². The van der Waals surface area contributed by atoms with E-state index in [0.717, 1.165) is 46.9 Å². The first-order chi connectivity index (χ1) is 30.6. The van der Waals surface area contributed by atoms with Crippen molar-refractivity contribution >= 4 is 44.6 Å². The number of aromatic nitrogens is 2. The van der Waals surface area contributed by atoms with Crippen LogP contribution < -0.4 is 14.5 Å². The van der Waals surface area contributed by atoms with Gasteiger partial charge in [0, 0.05) is 40.2 Å². The summed E-state index contributed by atoms with van der Waals surface area (Å²) in [5.74, 6) is 2.54. The van der Waals surface area contributed by atoms with Crippen molar-refractivity contribution in [1.29, 1.82) is 0 Å². The van der Waals surface area contributed by atoms with Crippen molar-refractivity contribution < 1.29 is 4.74 Å². The zero-order valence-corrected chi connectivity index (χ0v) is 39.2. The second-order valence-corrected chi connectivity index (χ2v) is 21.3. The summed E-state index contributed by atoms with van der Waals surface area (Å²) in [7, 11) is 0. The van der Waals surface area contributed by atoms with E-state index in [-0.39, 0.29) is 21.7 Å². The molecule has 1 aliphatic carbocycles. The van der Waals surface area contributed by atoms with Gasteiger partial charge in [-0.05, 0) is 112 Å². The Morgan fingerprint density at radius 2 is 1.16 bits per heavy atom. The van der Waals surface area contributed by atoms with Crippen molar-refractivity contribution in [1.82, 2.24) is 9.55 Å². The van der Waals surface area contributed by atoms with Crippen LogP contribution in [0.5, 0.6) is 11.5 Å². The summed E-state index contributed by atoms with van der Waals surface area (Å²) in [6.07, 6.45) is 6.76. The standard InChI is InChI=1S/C59H62N4O/c1-56(2,3)42-34-43(61-39-62(52-27-16-15-26-51(52)61)55-48(57(4,5)6)23-19-24-49(55)58(7,8)9)37-45(35-42)64-44-28-29-47-46-22-13-14-25-50(46)63(53(47)38-44)54-36-41(30-33-60-54)59(31-17-18-32-59)40-20-11-10-12-21-40/h10-16,19-30,33-38H,17-18,31-32,39H2,1-9H3. The number of para-hydroxylation sites is 4. The van der Waals surface area contributed by atoms with E-state index < -0.39 is 0 Å². The van der Waals surface area contributed by atoms with Gasteiger partial charge in [0.2, 0.25) is 0 Å². The zero-order valence-electron chi connectivity index (χ0n) is 39.2. The third kappa shape index (κ3) is 7.23. The molecule has 0 atom stereocenters. The van der Waals surface area contributed by atoms with Crippen molar-refractivity contribution in [3.63, 3.8) is 0 Å². The third-order valence-corrected chi connectivity index (χ3v) is 13.9. The van der Waals surface area contributed by atoms with E-state index in [9.17, 15) is 0 Å². The summed E-state index contributed by atoms with van der Waals surface area (Å²) >= 11 is 0. The first-order valence-electron chi connectivity index (χ1n) is 23.3. The summed E-state index contributed by atoms with van der Waals surface area (Å²) in [5.41, 5.74) is 13.5. The molecule has 0 unspecified atom stereocenters. The molecule has 0 saturated heterocycles. The van der Waals surface area contributed by atoms with Crippen molar-refractivity contribution in [2.24, 2.45) is 0 Å². The zero-order chi connectivity index (χ0) is 44.6. The molecular formula is C59H62N4O. The highest BCUT2D eigenvalue weighted by Gasteiger charge is 2.38. The monoisotopic (exact) mass is 842 g/mol. The Labute approximate surface area is 380 Å². The highest BCUT2D eigenvalue weighted by Crippen LogP contribution is 2.51. The number of benzene rings is 6. The van der Waals surface area contributed by atoms with E-state index in [1.807, 2.05) is 6.20 Å². The van der Waals surface area contributed by atoms with Crippen LogP contribution >= 0.6 is 0 Å². The third-order valence-electron chi connectivity index (χ3n) is 13.9. The molecule has 0 N–H and O–H groups in total. The van der Waals surface area contributed by atoms with Gasteiger partial charge in [0.05, 0.1) is 28.1 Å². The quantitative estimate of drug-likeness (QED) is 0.160. The molecule has 0 radical (unpaired) electrons. The van der Waals surface area contributed by atoms with Gasteiger partial charge < -0.3 is 14.5 Å². The Morgan fingerprint density at radius 1 is 0.516 bits per heavy atom. The van der Waals surface area contributed by atoms with Crippen LogP contribution in [-0.4, -0.2) is 16.2 Å². The molecule has 1 aliphatic heterocycles. The summed E-state index contributed by atoms with van der Waals surface area (Å²) < 4.78 is 9.38. The lowest BCUT2D eigenvalue weighted by Crippen LogP contribution is -2.30. The number of rotatable bonds is 7. The maximum Gasteiger partial charge on any atom is 0.137 e. The van der Waals surface area contributed by atoms with Gasteiger partial charge in [0.25, 0.3) is 0 Å². The van der Waals surface area contributed by atoms with Crippen LogP contribution in [0.2, 0.25) is 0 Å². The predicted octanol–water partition coefficient (Wildman–Crippen LogP) is 16.0. The molecule has 0 spiro atoms. The van der Waals surface area contributed by atoms with E-state index in [0.29, 0.717) is 6.67 Å². The van der Waals surface area contributed by atoms with E-state index >= 15 is 0 Å². The van der Waals surface area contributed by atoms with Gasteiger partial charge in [0.1, 0.15) is 24.0 Å². The number of pyridine rings is 1.